The fraction of sp³-hybridized carbons (Fsp3) is 0.263. The fourth-order valence-corrected chi connectivity index (χ4v) is 2.12. The molecule has 0 atom stereocenters. The molecule has 0 aliphatic rings. The van der Waals surface area contributed by atoms with Gasteiger partial charge >= 0.3 is 0 Å². The van der Waals surface area contributed by atoms with Gasteiger partial charge < -0.3 is 15.4 Å². The van der Waals surface area contributed by atoms with Gasteiger partial charge in [0, 0.05) is 17.8 Å². The normalized spacial score (nSPS) is 10.1. The van der Waals surface area contributed by atoms with Crippen LogP contribution in [0.5, 0.6) is 5.75 Å². The Morgan fingerprint density at radius 1 is 1.00 bits per heavy atom. The molecule has 5 heteroatoms. The van der Waals surface area contributed by atoms with Crippen molar-refractivity contribution < 1.29 is 14.3 Å². The summed E-state index contributed by atoms with van der Waals surface area (Å²) in [5.74, 6) is 0.336. The first-order chi connectivity index (χ1) is 11.5. The van der Waals surface area contributed by atoms with Gasteiger partial charge in [0.1, 0.15) is 5.75 Å². The average molecular weight is 326 g/mol. The SMILES string of the molecule is CCC(=O)Nc1cc(NC(=O)COc2cccc(C)c2)ccc1C. The van der Waals surface area contributed by atoms with Gasteiger partial charge in [-0.25, -0.2) is 0 Å². The molecule has 0 unspecified atom stereocenters. The number of anilines is 2. The number of amides is 2. The molecule has 24 heavy (non-hydrogen) atoms. The van der Waals surface area contributed by atoms with Gasteiger partial charge in [0.25, 0.3) is 5.91 Å². The lowest BCUT2D eigenvalue weighted by Gasteiger charge is -2.12. The van der Waals surface area contributed by atoms with E-state index in [9.17, 15) is 9.59 Å². The third-order valence-electron chi connectivity index (χ3n) is 3.48. The lowest BCUT2D eigenvalue weighted by molar-refractivity contribution is -0.118. The minimum Gasteiger partial charge on any atom is -0.484 e. The summed E-state index contributed by atoms with van der Waals surface area (Å²) < 4.78 is 5.47. The predicted molar refractivity (Wildman–Crippen MR) is 95.4 cm³/mol. The summed E-state index contributed by atoms with van der Waals surface area (Å²) >= 11 is 0. The molecule has 0 saturated heterocycles. The number of carbonyl (C=O) groups excluding carboxylic acids is 2. The molecule has 0 bridgehead atoms. The van der Waals surface area contributed by atoms with Crippen molar-refractivity contribution in [3.05, 3.63) is 53.6 Å². The molecular formula is C19H22N2O3. The van der Waals surface area contributed by atoms with Crippen molar-refractivity contribution in [2.45, 2.75) is 27.2 Å². The highest BCUT2D eigenvalue weighted by molar-refractivity contribution is 5.95. The fourth-order valence-electron chi connectivity index (χ4n) is 2.12. The second kappa shape index (κ2) is 8.15. The summed E-state index contributed by atoms with van der Waals surface area (Å²) in [4.78, 5) is 23.6. The zero-order chi connectivity index (χ0) is 17.5. The van der Waals surface area contributed by atoms with Gasteiger partial charge in [0.05, 0.1) is 0 Å². The molecule has 0 aromatic heterocycles. The highest BCUT2D eigenvalue weighted by atomic mass is 16.5. The Bertz CT molecular complexity index is 741. The Kier molecular flexibility index (Phi) is 5.95. The predicted octanol–water partition coefficient (Wildman–Crippen LogP) is 3.67. The second-order valence-electron chi connectivity index (χ2n) is 5.58. The van der Waals surface area contributed by atoms with Crippen molar-refractivity contribution in [3.8, 4) is 5.75 Å². The first-order valence-corrected chi connectivity index (χ1v) is 7.87. The monoisotopic (exact) mass is 326 g/mol. The third-order valence-corrected chi connectivity index (χ3v) is 3.48. The Morgan fingerprint density at radius 3 is 2.50 bits per heavy atom. The molecule has 0 fully saturated rings. The summed E-state index contributed by atoms with van der Waals surface area (Å²) in [5.41, 5.74) is 3.32. The van der Waals surface area contributed by atoms with E-state index in [1.165, 1.54) is 0 Å². The van der Waals surface area contributed by atoms with E-state index >= 15 is 0 Å². The average Bonchev–Trinajstić information content (AvgIpc) is 2.56. The van der Waals surface area contributed by atoms with Crippen LogP contribution in [0.25, 0.3) is 0 Å². The summed E-state index contributed by atoms with van der Waals surface area (Å²) in [5, 5.41) is 5.59. The quantitative estimate of drug-likeness (QED) is 0.851. The van der Waals surface area contributed by atoms with Crippen LogP contribution in [-0.4, -0.2) is 18.4 Å². The first kappa shape index (κ1) is 17.5. The number of hydrogen-bond donors (Lipinski definition) is 2. The summed E-state index contributed by atoms with van der Waals surface area (Å²) in [6.07, 6.45) is 0.403. The van der Waals surface area contributed by atoms with Crippen LogP contribution in [0.2, 0.25) is 0 Å². The van der Waals surface area contributed by atoms with Gasteiger partial charge in [-0.05, 0) is 49.2 Å². The maximum atomic E-state index is 12.0. The van der Waals surface area contributed by atoms with Crippen molar-refractivity contribution in [2.75, 3.05) is 17.2 Å². The summed E-state index contributed by atoms with van der Waals surface area (Å²) in [7, 11) is 0. The Hall–Kier alpha value is -2.82. The molecule has 126 valence electrons. The van der Waals surface area contributed by atoms with Gasteiger partial charge in [-0.15, -0.1) is 0 Å². The van der Waals surface area contributed by atoms with E-state index in [0.717, 1.165) is 11.1 Å². The van der Waals surface area contributed by atoms with Gasteiger partial charge in [-0.2, -0.15) is 0 Å². The molecule has 5 nitrogen and oxygen atoms in total. The van der Waals surface area contributed by atoms with Crippen molar-refractivity contribution in [2.24, 2.45) is 0 Å². The van der Waals surface area contributed by atoms with E-state index in [1.54, 1.807) is 19.1 Å². The van der Waals surface area contributed by atoms with E-state index in [4.69, 9.17) is 4.74 Å². The lowest BCUT2D eigenvalue weighted by atomic mass is 10.1. The van der Waals surface area contributed by atoms with Crippen molar-refractivity contribution in [1.29, 1.82) is 0 Å². The van der Waals surface area contributed by atoms with Gasteiger partial charge in [0.15, 0.2) is 6.61 Å². The maximum Gasteiger partial charge on any atom is 0.262 e. The van der Waals surface area contributed by atoms with Crippen LogP contribution in [0.1, 0.15) is 24.5 Å². The van der Waals surface area contributed by atoms with Crippen LogP contribution < -0.4 is 15.4 Å². The number of aryl methyl sites for hydroxylation is 2. The summed E-state index contributed by atoms with van der Waals surface area (Å²) in [6, 6.07) is 12.9. The molecule has 2 rings (SSSR count). The number of rotatable bonds is 6. The van der Waals surface area contributed by atoms with E-state index in [1.807, 2.05) is 44.2 Å². The molecular weight excluding hydrogens is 304 g/mol. The van der Waals surface area contributed by atoms with Crippen LogP contribution >= 0.6 is 0 Å². The van der Waals surface area contributed by atoms with Crippen LogP contribution in [-0.2, 0) is 9.59 Å². The van der Waals surface area contributed by atoms with Gasteiger partial charge in [-0.1, -0.05) is 25.1 Å². The number of carbonyl (C=O) groups is 2. The van der Waals surface area contributed by atoms with Crippen molar-refractivity contribution in [3.63, 3.8) is 0 Å². The molecule has 0 heterocycles. The number of ether oxygens (including phenoxy) is 1. The second-order valence-corrected chi connectivity index (χ2v) is 5.58. The van der Waals surface area contributed by atoms with Crippen LogP contribution in [0, 0.1) is 13.8 Å². The minimum atomic E-state index is -0.256. The van der Waals surface area contributed by atoms with Crippen molar-refractivity contribution in [1.82, 2.24) is 0 Å². The minimum absolute atomic E-state index is 0.0654. The van der Waals surface area contributed by atoms with Crippen LogP contribution in [0.15, 0.2) is 42.5 Å². The Balaban J connectivity index is 1.96. The molecule has 0 aliphatic carbocycles. The molecule has 2 amide bonds. The number of nitrogens with one attached hydrogen (secondary N) is 2. The highest BCUT2D eigenvalue weighted by Crippen LogP contribution is 2.20. The molecule has 0 spiro atoms. The molecule has 2 aromatic rings. The molecule has 2 N–H and O–H groups in total. The van der Waals surface area contributed by atoms with Gasteiger partial charge in [0.2, 0.25) is 5.91 Å². The summed E-state index contributed by atoms with van der Waals surface area (Å²) in [6.45, 7) is 5.58. The number of benzene rings is 2. The largest absolute Gasteiger partial charge is 0.484 e. The topological polar surface area (TPSA) is 67.4 Å². The first-order valence-electron chi connectivity index (χ1n) is 7.87. The van der Waals surface area contributed by atoms with Crippen molar-refractivity contribution >= 4 is 23.2 Å². The number of hydrogen-bond acceptors (Lipinski definition) is 3. The van der Waals surface area contributed by atoms with Crippen LogP contribution in [0.3, 0.4) is 0 Å². The van der Waals surface area contributed by atoms with Crippen LogP contribution in [0.4, 0.5) is 11.4 Å². The van der Waals surface area contributed by atoms with E-state index in [-0.39, 0.29) is 18.4 Å². The molecule has 0 saturated carbocycles. The smallest absolute Gasteiger partial charge is 0.262 e. The zero-order valence-corrected chi connectivity index (χ0v) is 14.2. The molecule has 2 aromatic carbocycles. The van der Waals surface area contributed by atoms with E-state index < -0.39 is 0 Å². The molecule has 0 radical (unpaired) electrons. The Labute approximate surface area is 142 Å². The maximum absolute atomic E-state index is 12.0. The highest BCUT2D eigenvalue weighted by Gasteiger charge is 2.07. The lowest BCUT2D eigenvalue weighted by Crippen LogP contribution is -2.20. The zero-order valence-electron chi connectivity index (χ0n) is 14.2. The molecule has 0 aliphatic heterocycles. The Morgan fingerprint density at radius 2 is 1.79 bits per heavy atom. The van der Waals surface area contributed by atoms with Gasteiger partial charge in [-0.3, -0.25) is 9.59 Å². The standard InChI is InChI=1S/C19H22N2O3/c1-4-18(22)21-17-11-15(9-8-14(17)3)20-19(23)12-24-16-7-5-6-13(2)10-16/h5-11H,4,12H2,1-3H3,(H,20,23)(H,21,22). The third kappa shape index (κ3) is 5.12. The van der Waals surface area contributed by atoms with E-state index in [2.05, 4.69) is 10.6 Å². The van der Waals surface area contributed by atoms with E-state index in [0.29, 0.717) is 23.5 Å².